The molecular formula is C29H23BrFN3O4. The number of hydrogen-bond acceptors (Lipinski definition) is 4. The van der Waals surface area contributed by atoms with E-state index in [4.69, 9.17) is 5.11 Å². The van der Waals surface area contributed by atoms with E-state index in [1.807, 2.05) is 48.5 Å². The fourth-order valence-electron chi connectivity index (χ4n) is 4.79. The van der Waals surface area contributed by atoms with Gasteiger partial charge in [0.25, 0.3) is 5.56 Å². The van der Waals surface area contributed by atoms with Crippen molar-refractivity contribution in [1.82, 2.24) is 9.99 Å². The van der Waals surface area contributed by atoms with Gasteiger partial charge in [0.2, 0.25) is 5.91 Å². The molecule has 1 aromatic heterocycles. The Morgan fingerprint density at radius 1 is 1.03 bits per heavy atom. The summed E-state index contributed by atoms with van der Waals surface area (Å²) in [5.74, 6) is -1.76. The van der Waals surface area contributed by atoms with Gasteiger partial charge in [0.1, 0.15) is 5.82 Å². The van der Waals surface area contributed by atoms with Crippen LogP contribution in [0.3, 0.4) is 0 Å². The lowest BCUT2D eigenvalue weighted by atomic mass is 9.91. The number of amides is 1. The SMILES string of the molecule is O=C(O)CCCC(=O)N1N=C(c2c(-c3ccccc3)c3cc(Br)ccc3[nH]c2=O)C[C@@H]1c1ccc(F)cc1. The zero-order valence-electron chi connectivity index (χ0n) is 20.2. The maximum absolute atomic E-state index is 13.7. The van der Waals surface area contributed by atoms with Gasteiger partial charge >= 0.3 is 5.97 Å². The molecule has 0 radical (unpaired) electrons. The number of fused-ring (bicyclic) bond motifs is 1. The highest BCUT2D eigenvalue weighted by Gasteiger charge is 2.35. The van der Waals surface area contributed by atoms with Crippen molar-refractivity contribution in [2.45, 2.75) is 31.7 Å². The minimum absolute atomic E-state index is 0.0205. The predicted octanol–water partition coefficient (Wildman–Crippen LogP) is 6.03. The molecule has 0 saturated heterocycles. The van der Waals surface area contributed by atoms with Gasteiger partial charge in [-0.15, -0.1) is 0 Å². The van der Waals surface area contributed by atoms with Crippen LogP contribution in [-0.2, 0) is 9.59 Å². The molecule has 0 aliphatic carbocycles. The molecule has 1 amide bonds. The number of hydrogen-bond donors (Lipinski definition) is 2. The summed E-state index contributed by atoms with van der Waals surface area (Å²) in [5.41, 5.74) is 3.29. The number of rotatable bonds is 7. The van der Waals surface area contributed by atoms with Gasteiger partial charge in [-0.3, -0.25) is 14.4 Å². The van der Waals surface area contributed by atoms with Crippen molar-refractivity contribution in [3.05, 3.63) is 105 Å². The van der Waals surface area contributed by atoms with E-state index >= 15 is 0 Å². The smallest absolute Gasteiger partial charge is 0.303 e. The highest BCUT2D eigenvalue weighted by Crippen LogP contribution is 2.37. The lowest BCUT2D eigenvalue weighted by molar-refractivity contribution is -0.137. The molecule has 2 heterocycles. The van der Waals surface area contributed by atoms with Crippen LogP contribution in [0.2, 0.25) is 0 Å². The van der Waals surface area contributed by atoms with Crippen LogP contribution in [0.1, 0.15) is 42.9 Å². The van der Waals surface area contributed by atoms with E-state index in [0.29, 0.717) is 27.9 Å². The number of hydrazone groups is 1. The average molecular weight is 576 g/mol. The van der Waals surface area contributed by atoms with Gasteiger partial charge in [0.05, 0.1) is 17.3 Å². The largest absolute Gasteiger partial charge is 0.481 e. The van der Waals surface area contributed by atoms with Crippen LogP contribution in [0.4, 0.5) is 4.39 Å². The van der Waals surface area contributed by atoms with Gasteiger partial charge < -0.3 is 10.1 Å². The molecule has 7 nitrogen and oxygen atoms in total. The highest BCUT2D eigenvalue weighted by atomic mass is 79.9. The number of aliphatic carboxylic acids is 1. The van der Waals surface area contributed by atoms with Gasteiger partial charge in [0, 0.05) is 40.2 Å². The number of aromatic amines is 1. The Kier molecular flexibility index (Phi) is 7.20. The van der Waals surface area contributed by atoms with Gasteiger partial charge in [0.15, 0.2) is 0 Å². The number of nitrogens with zero attached hydrogens (tertiary/aromatic N) is 2. The molecule has 3 aromatic carbocycles. The number of benzene rings is 3. The molecule has 1 aliphatic rings. The van der Waals surface area contributed by atoms with E-state index < -0.39 is 17.8 Å². The number of nitrogens with one attached hydrogen (secondary N) is 1. The molecule has 2 N–H and O–H groups in total. The Bertz CT molecular complexity index is 1620. The van der Waals surface area contributed by atoms with Crippen molar-refractivity contribution < 1.29 is 19.1 Å². The van der Waals surface area contributed by atoms with Crippen LogP contribution >= 0.6 is 15.9 Å². The van der Waals surface area contributed by atoms with Crippen molar-refractivity contribution in [2.75, 3.05) is 0 Å². The van der Waals surface area contributed by atoms with Crippen molar-refractivity contribution >= 4 is 44.4 Å². The van der Waals surface area contributed by atoms with E-state index in [9.17, 15) is 18.8 Å². The molecule has 38 heavy (non-hydrogen) atoms. The van der Waals surface area contributed by atoms with E-state index in [-0.39, 0.29) is 37.1 Å². The summed E-state index contributed by atoms with van der Waals surface area (Å²) in [5, 5.41) is 15.7. The Morgan fingerprint density at radius 3 is 2.47 bits per heavy atom. The minimum Gasteiger partial charge on any atom is -0.481 e. The van der Waals surface area contributed by atoms with E-state index in [1.54, 1.807) is 12.1 Å². The Morgan fingerprint density at radius 2 is 1.76 bits per heavy atom. The number of halogens is 2. The molecule has 192 valence electrons. The Labute approximate surface area is 225 Å². The van der Waals surface area contributed by atoms with Crippen LogP contribution in [0, 0.1) is 5.82 Å². The molecule has 5 rings (SSSR count). The van der Waals surface area contributed by atoms with Gasteiger partial charge in [-0.05, 0) is 47.9 Å². The molecule has 0 spiro atoms. The Balaban J connectivity index is 1.66. The monoisotopic (exact) mass is 575 g/mol. The standard InChI is InChI=1S/C29H23BrFN3O4/c30-19-11-14-22-21(15-19)27(18-5-2-1-3-6-18)28(29(38)32-22)23-16-24(17-9-12-20(31)13-10-17)34(33-23)25(35)7-4-8-26(36)37/h1-3,5-6,9-15,24H,4,7-8,16H2,(H,32,38)(H,36,37)/t24-/m1/s1. The van der Waals surface area contributed by atoms with Gasteiger partial charge in [-0.2, -0.15) is 5.10 Å². The number of carboxylic acid groups (broad SMARTS) is 1. The Hall–Kier alpha value is -4.11. The van der Waals surface area contributed by atoms with Crippen LogP contribution in [-0.4, -0.2) is 32.7 Å². The number of pyridine rings is 1. The lowest BCUT2D eigenvalue weighted by Crippen LogP contribution is -2.27. The second-order valence-corrected chi connectivity index (χ2v) is 9.98. The van der Waals surface area contributed by atoms with Crippen molar-refractivity contribution in [3.8, 4) is 11.1 Å². The summed E-state index contributed by atoms with van der Waals surface area (Å²) in [6.45, 7) is 0. The summed E-state index contributed by atoms with van der Waals surface area (Å²) in [6, 6.07) is 20.4. The normalized spacial score (nSPS) is 15.1. The molecule has 0 saturated carbocycles. The third kappa shape index (κ3) is 5.15. The first kappa shape index (κ1) is 25.5. The summed E-state index contributed by atoms with van der Waals surface area (Å²) in [7, 11) is 0. The topological polar surface area (TPSA) is 103 Å². The number of carbonyl (C=O) groups is 2. The number of aromatic nitrogens is 1. The van der Waals surface area contributed by atoms with Crippen molar-refractivity contribution in [3.63, 3.8) is 0 Å². The molecule has 9 heteroatoms. The molecule has 0 bridgehead atoms. The van der Waals surface area contributed by atoms with E-state index in [1.165, 1.54) is 17.1 Å². The predicted molar refractivity (Wildman–Crippen MR) is 146 cm³/mol. The first-order chi connectivity index (χ1) is 18.3. The van der Waals surface area contributed by atoms with E-state index in [2.05, 4.69) is 26.0 Å². The zero-order valence-corrected chi connectivity index (χ0v) is 21.7. The molecule has 0 fully saturated rings. The summed E-state index contributed by atoms with van der Waals surface area (Å²) >= 11 is 3.53. The number of H-pyrrole nitrogens is 1. The fraction of sp³-hybridized carbons (Fsp3) is 0.172. The summed E-state index contributed by atoms with van der Waals surface area (Å²) < 4.78 is 14.5. The zero-order chi connectivity index (χ0) is 26.8. The maximum Gasteiger partial charge on any atom is 0.303 e. The molecule has 4 aromatic rings. The quantitative estimate of drug-likeness (QED) is 0.281. The highest BCUT2D eigenvalue weighted by molar-refractivity contribution is 9.10. The van der Waals surface area contributed by atoms with E-state index in [0.717, 1.165) is 15.4 Å². The van der Waals surface area contributed by atoms with Crippen molar-refractivity contribution in [2.24, 2.45) is 5.10 Å². The first-order valence-electron chi connectivity index (χ1n) is 12.1. The maximum atomic E-state index is 13.7. The molecule has 1 aliphatic heterocycles. The minimum atomic E-state index is -0.986. The first-order valence-corrected chi connectivity index (χ1v) is 12.9. The third-order valence-corrected chi connectivity index (χ3v) is 7.02. The van der Waals surface area contributed by atoms with Crippen molar-refractivity contribution in [1.29, 1.82) is 0 Å². The van der Waals surface area contributed by atoms with Gasteiger partial charge in [-0.1, -0.05) is 58.4 Å². The lowest BCUT2D eigenvalue weighted by Gasteiger charge is -2.22. The second kappa shape index (κ2) is 10.7. The molecule has 1 atom stereocenters. The second-order valence-electron chi connectivity index (χ2n) is 9.06. The van der Waals surface area contributed by atoms with Crippen LogP contribution in [0.15, 0.2) is 87.2 Å². The number of carboxylic acids is 1. The van der Waals surface area contributed by atoms with Crippen LogP contribution in [0.25, 0.3) is 22.0 Å². The number of carbonyl (C=O) groups excluding carboxylic acids is 1. The third-order valence-electron chi connectivity index (χ3n) is 6.53. The molecule has 0 unspecified atom stereocenters. The molecular weight excluding hydrogens is 553 g/mol. The average Bonchev–Trinajstić information content (AvgIpc) is 3.34. The van der Waals surface area contributed by atoms with Crippen LogP contribution < -0.4 is 5.56 Å². The van der Waals surface area contributed by atoms with Crippen LogP contribution in [0.5, 0.6) is 0 Å². The summed E-state index contributed by atoms with van der Waals surface area (Å²) in [6.07, 6.45) is 0.228. The van der Waals surface area contributed by atoms with Gasteiger partial charge in [-0.25, -0.2) is 9.40 Å². The fourth-order valence-corrected chi connectivity index (χ4v) is 5.15. The summed E-state index contributed by atoms with van der Waals surface area (Å²) in [4.78, 5) is 40.7.